The summed E-state index contributed by atoms with van der Waals surface area (Å²) in [6.07, 6.45) is 8.96. The third-order valence-electron chi connectivity index (χ3n) is 4.88. The monoisotopic (exact) mass is 402 g/mol. The highest BCUT2D eigenvalue weighted by molar-refractivity contribution is 5.72. The Balaban J connectivity index is 1.49. The molecule has 0 saturated carbocycles. The van der Waals surface area contributed by atoms with Gasteiger partial charge in [0.05, 0.1) is 25.4 Å². The first-order valence-corrected chi connectivity index (χ1v) is 9.27. The number of oxazole rings is 1. The van der Waals surface area contributed by atoms with Crippen molar-refractivity contribution in [1.29, 1.82) is 0 Å². The molecule has 0 atom stereocenters. The van der Waals surface area contributed by atoms with Gasteiger partial charge < -0.3 is 18.8 Å². The SMILES string of the molecule is COc1cc(-c2nc(Cn3ccnc3-c3cnn4cccnc34)c(C)o2)ccc1O. The second-order valence-corrected chi connectivity index (χ2v) is 6.73. The highest BCUT2D eigenvalue weighted by atomic mass is 16.5. The van der Waals surface area contributed by atoms with Crippen LogP contribution < -0.4 is 4.74 Å². The second-order valence-electron chi connectivity index (χ2n) is 6.73. The molecule has 1 N–H and O–H groups in total. The van der Waals surface area contributed by atoms with Crippen molar-refractivity contribution in [3.63, 3.8) is 0 Å². The van der Waals surface area contributed by atoms with E-state index in [1.54, 1.807) is 41.3 Å². The van der Waals surface area contributed by atoms with Crippen LogP contribution in [0.2, 0.25) is 0 Å². The van der Waals surface area contributed by atoms with Gasteiger partial charge in [-0.05, 0) is 31.2 Å². The number of imidazole rings is 1. The van der Waals surface area contributed by atoms with E-state index in [2.05, 4.69) is 20.1 Å². The lowest BCUT2D eigenvalue weighted by Gasteiger charge is -2.05. The zero-order valence-electron chi connectivity index (χ0n) is 16.4. The number of hydrogen-bond acceptors (Lipinski definition) is 7. The van der Waals surface area contributed by atoms with Crippen molar-refractivity contribution in [2.75, 3.05) is 7.11 Å². The van der Waals surface area contributed by atoms with Crippen LogP contribution in [0.1, 0.15) is 11.5 Å². The van der Waals surface area contributed by atoms with Crippen LogP contribution in [-0.2, 0) is 6.54 Å². The summed E-state index contributed by atoms with van der Waals surface area (Å²) in [5, 5.41) is 14.2. The van der Waals surface area contributed by atoms with Gasteiger partial charge in [0.15, 0.2) is 17.1 Å². The largest absolute Gasteiger partial charge is 0.504 e. The van der Waals surface area contributed by atoms with Gasteiger partial charge in [0.1, 0.15) is 17.3 Å². The molecule has 0 fully saturated rings. The zero-order chi connectivity index (χ0) is 20.7. The summed E-state index contributed by atoms with van der Waals surface area (Å²) < 4.78 is 14.8. The molecule has 5 aromatic rings. The molecule has 0 bridgehead atoms. The summed E-state index contributed by atoms with van der Waals surface area (Å²) in [6.45, 7) is 2.35. The summed E-state index contributed by atoms with van der Waals surface area (Å²) in [6, 6.07) is 6.81. The van der Waals surface area contributed by atoms with Crippen LogP contribution in [0.3, 0.4) is 0 Å². The van der Waals surface area contributed by atoms with Gasteiger partial charge in [0, 0.05) is 30.4 Å². The lowest BCUT2D eigenvalue weighted by molar-refractivity contribution is 0.373. The molecule has 4 aromatic heterocycles. The van der Waals surface area contributed by atoms with Crippen molar-refractivity contribution in [2.45, 2.75) is 13.5 Å². The molecule has 0 aliphatic heterocycles. The van der Waals surface area contributed by atoms with Crippen LogP contribution in [0.4, 0.5) is 0 Å². The molecule has 0 unspecified atom stereocenters. The van der Waals surface area contributed by atoms with Gasteiger partial charge in [-0.1, -0.05) is 0 Å². The Kier molecular flexibility index (Phi) is 4.20. The number of ether oxygens (including phenoxy) is 1. The molecule has 0 aliphatic rings. The van der Waals surface area contributed by atoms with Crippen molar-refractivity contribution in [3.05, 3.63) is 66.7 Å². The average Bonchev–Trinajstić information content (AvgIpc) is 3.47. The van der Waals surface area contributed by atoms with Crippen molar-refractivity contribution in [2.24, 2.45) is 0 Å². The van der Waals surface area contributed by atoms with Crippen LogP contribution >= 0.6 is 0 Å². The molecule has 1 aromatic carbocycles. The number of rotatable bonds is 5. The van der Waals surface area contributed by atoms with Crippen molar-refractivity contribution < 1.29 is 14.3 Å². The summed E-state index contributed by atoms with van der Waals surface area (Å²) in [5.74, 6) is 2.34. The van der Waals surface area contributed by atoms with Crippen LogP contribution in [0, 0.1) is 6.92 Å². The average molecular weight is 402 g/mol. The van der Waals surface area contributed by atoms with E-state index in [1.807, 2.05) is 30.0 Å². The lowest BCUT2D eigenvalue weighted by atomic mass is 10.2. The van der Waals surface area contributed by atoms with Crippen LogP contribution in [0.5, 0.6) is 11.5 Å². The standard InChI is InChI=1S/C21H18N6O3/c1-13-16(25-21(30-13)14-4-5-17(28)18(10-14)29-2)12-26-9-7-23-19(26)15-11-24-27-8-3-6-22-20(15)27/h3-11,28H,12H2,1-2H3. The molecule has 9 heteroatoms. The molecule has 5 rings (SSSR count). The summed E-state index contributed by atoms with van der Waals surface area (Å²) in [4.78, 5) is 13.6. The number of fused-ring (bicyclic) bond motifs is 1. The number of aromatic hydroxyl groups is 1. The fraction of sp³-hybridized carbons (Fsp3) is 0.143. The smallest absolute Gasteiger partial charge is 0.226 e. The van der Waals surface area contributed by atoms with Gasteiger partial charge in [0.25, 0.3) is 0 Å². The number of benzene rings is 1. The minimum absolute atomic E-state index is 0.0646. The quantitative estimate of drug-likeness (QED) is 0.481. The topological polar surface area (TPSA) is 104 Å². The number of aromatic nitrogens is 6. The predicted octanol–water partition coefficient (Wildman–Crippen LogP) is 3.32. The summed E-state index contributed by atoms with van der Waals surface area (Å²) in [7, 11) is 1.50. The number of aryl methyl sites for hydroxylation is 1. The Hall–Kier alpha value is -4.14. The van der Waals surface area contributed by atoms with E-state index in [-0.39, 0.29) is 5.75 Å². The van der Waals surface area contributed by atoms with Gasteiger partial charge in [-0.3, -0.25) is 0 Å². The maximum atomic E-state index is 9.81. The number of hydrogen-bond donors (Lipinski definition) is 1. The maximum absolute atomic E-state index is 9.81. The first kappa shape index (κ1) is 17.9. The number of methoxy groups -OCH3 is 1. The maximum Gasteiger partial charge on any atom is 0.226 e. The lowest BCUT2D eigenvalue weighted by Crippen LogP contribution is -2.03. The van der Waals surface area contributed by atoms with Gasteiger partial charge in [-0.2, -0.15) is 5.10 Å². The van der Waals surface area contributed by atoms with E-state index in [0.717, 1.165) is 28.3 Å². The fourth-order valence-corrected chi connectivity index (χ4v) is 3.34. The molecule has 150 valence electrons. The Labute approximate surface area is 171 Å². The van der Waals surface area contributed by atoms with Gasteiger partial charge in [-0.15, -0.1) is 0 Å². The Morgan fingerprint density at radius 2 is 2.07 bits per heavy atom. The van der Waals surface area contributed by atoms with Gasteiger partial charge in [-0.25, -0.2) is 19.5 Å². The Bertz CT molecular complexity index is 1350. The van der Waals surface area contributed by atoms with E-state index in [1.165, 1.54) is 7.11 Å². The van der Waals surface area contributed by atoms with E-state index >= 15 is 0 Å². The molecule has 0 spiro atoms. The third-order valence-corrected chi connectivity index (χ3v) is 4.88. The zero-order valence-corrected chi connectivity index (χ0v) is 16.4. The molecule has 9 nitrogen and oxygen atoms in total. The minimum Gasteiger partial charge on any atom is -0.504 e. The molecule has 0 amide bonds. The normalized spacial score (nSPS) is 11.3. The van der Waals surface area contributed by atoms with E-state index in [4.69, 9.17) is 9.15 Å². The molecular weight excluding hydrogens is 384 g/mol. The first-order chi connectivity index (χ1) is 14.6. The van der Waals surface area contributed by atoms with Gasteiger partial charge >= 0.3 is 0 Å². The molecule has 30 heavy (non-hydrogen) atoms. The first-order valence-electron chi connectivity index (χ1n) is 9.27. The van der Waals surface area contributed by atoms with Crippen molar-refractivity contribution >= 4 is 5.65 Å². The number of phenolic OH excluding ortho intramolecular Hbond substituents is 1. The van der Waals surface area contributed by atoms with E-state index in [0.29, 0.717) is 23.9 Å². The van der Waals surface area contributed by atoms with Gasteiger partial charge in [0.2, 0.25) is 5.89 Å². The van der Waals surface area contributed by atoms with Crippen molar-refractivity contribution in [3.8, 4) is 34.3 Å². The van der Waals surface area contributed by atoms with Crippen LogP contribution in [0.15, 0.2) is 59.7 Å². The third kappa shape index (κ3) is 2.96. The molecule has 0 radical (unpaired) electrons. The van der Waals surface area contributed by atoms with Crippen molar-refractivity contribution in [1.82, 2.24) is 29.1 Å². The van der Waals surface area contributed by atoms with Crippen LogP contribution in [-0.4, -0.2) is 41.3 Å². The second kappa shape index (κ2) is 7.03. The van der Waals surface area contributed by atoms with E-state index < -0.39 is 0 Å². The predicted molar refractivity (Wildman–Crippen MR) is 108 cm³/mol. The minimum atomic E-state index is 0.0646. The Morgan fingerprint density at radius 3 is 2.93 bits per heavy atom. The molecule has 0 saturated heterocycles. The summed E-state index contributed by atoms with van der Waals surface area (Å²) in [5.41, 5.74) is 3.07. The molecular formula is C21H18N6O3. The highest BCUT2D eigenvalue weighted by Gasteiger charge is 2.17. The molecule has 0 aliphatic carbocycles. The Morgan fingerprint density at radius 1 is 1.17 bits per heavy atom. The number of nitrogens with zero attached hydrogens (tertiary/aromatic N) is 6. The highest BCUT2D eigenvalue weighted by Crippen LogP contribution is 2.32. The van der Waals surface area contributed by atoms with E-state index in [9.17, 15) is 5.11 Å². The summed E-state index contributed by atoms with van der Waals surface area (Å²) >= 11 is 0. The number of phenols is 1. The van der Waals surface area contributed by atoms with Crippen LogP contribution in [0.25, 0.3) is 28.5 Å². The fourth-order valence-electron chi connectivity index (χ4n) is 3.34. The molecule has 4 heterocycles.